The van der Waals surface area contributed by atoms with Crippen molar-refractivity contribution in [1.29, 1.82) is 0 Å². The minimum Gasteiger partial charge on any atom is -0.494 e. The summed E-state index contributed by atoms with van der Waals surface area (Å²) < 4.78 is 7.23. The summed E-state index contributed by atoms with van der Waals surface area (Å²) in [5.74, 6) is 1.16. The lowest BCUT2D eigenvalue weighted by Gasteiger charge is -2.31. The average Bonchev–Trinajstić information content (AvgIpc) is 3.05. The summed E-state index contributed by atoms with van der Waals surface area (Å²) in [5.41, 5.74) is 3.37. The minimum absolute atomic E-state index is 0.0715. The van der Waals surface area contributed by atoms with Gasteiger partial charge in [-0.2, -0.15) is 5.10 Å². The number of ether oxygens (including phenoxy) is 1. The van der Waals surface area contributed by atoms with Crippen molar-refractivity contribution < 1.29 is 9.53 Å². The zero-order chi connectivity index (χ0) is 18.8. The number of carbonyl (C=O) groups excluding carboxylic acids is 1. The Morgan fingerprint density at radius 1 is 1.15 bits per heavy atom. The van der Waals surface area contributed by atoms with Crippen molar-refractivity contribution in [3.63, 3.8) is 0 Å². The van der Waals surface area contributed by atoms with Gasteiger partial charge in [0.25, 0.3) is 5.91 Å². The molecule has 0 saturated carbocycles. The third-order valence-corrected chi connectivity index (χ3v) is 5.07. The highest BCUT2D eigenvalue weighted by molar-refractivity contribution is 5.94. The largest absolute Gasteiger partial charge is 0.494 e. The number of hydrogen-bond acceptors (Lipinski definition) is 5. The van der Waals surface area contributed by atoms with Crippen LogP contribution < -0.4 is 4.74 Å². The topological polar surface area (TPSA) is 73.1 Å². The van der Waals surface area contributed by atoms with Crippen LogP contribution in [0.15, 0.2) is 36.7 Å². The quantitative estimate of drug-likeness (QED) is 0.711. The lowest BCUT2D eigenvalue weighted by molar-refractivity contribution is 0.0712. The second-order valence-corrected chi connectivity index (χ2v) is 6.76. The van der Waals surface area contributed by atoms with Crippen LogP contribution in [0.1, 0.15) is 41.7 Å². The van der Waals surface area contributed by atoms with Gasteiger partial charge in [-0.3, -0.25) is 4.79 Å². The van der Waals surface area contributed by atoms with E-state index in [0.717, 1.165) is 48.5 Å². The molecule has 0 bridgehead atoms. The molecule has 0 aliphatic carbocycles. The summed E-state index contributed by atoms with van der Waals surface area (Å²) in [7, 11) is 1.89. The van der Waals surface area contributed by atoms with E-state index in [1.54, 1.807) is 17.1 Å². The Labute approximate surface area is 158 Å². The Kier molecular flexibility index (Phi) is 4.75. The SMILES string of the molecule is CCOc1ccc(C(=O)N2CCC(c3nn(C)c4nccnc34)CC2)cc1. The summed E-state index contributed by atoms with van der Waals surface area (Å²) in [6.45, 7) is 4.00. The number of aryl methyl sites for hydroxylation is 1. The number of hydrogen-bond donors (Lipinski definition) is 0. The molecule has 3 heterocycles. The molecule has 27 heavy (non-hydrogen) atoms. The molecule has 1 fully saturated rings. The molecule has 4 rings (SSSR count). The van der Waals surface area contributed by atoms with Gasteiger partial charge in [-0.1, -0.05) is 0 Å². The fourth-order valence-corrected chi connectivity index (χ4v) is 3.68. The Balaban J connectivity index is 1.44. The van der Waals surface area contributed by atoms with Gasteiger partial charge in [0.1, 0.15) is 11.3 Å². The molecule has 0 spiro atoms. The standard InChI is InChI=1S/C20H23N5O2/c1-3-27-16-6-4-15(5-7-16)20(26)25-12-8-14(9-13-25)17-18-19(24(2)23-17)22-11-10-21-18/h4-7,10-11,14H,3,8-9,12-13H2,1-2H3. The van der Waals surface area contributed by atoms with E-state index in [0.29, 0.717) is 18.1 Å². The molecule has 2 aromatic heterocycles. The highest BCUT2D eigenvalue weighted by Gasteiger charge is 2.28. The van der Waals surface area contributed by atoms with Crippen LogP contribution in [-0.4, -0.2) is 50.3 Å². The number of likely N-dealkylation sites (tertiary alicyclic amines) is 1. The molecular formula is C20H23N5O2. The van der Waals surface area contributed by atoms with Crippen LogP contribution in [0.3, 0.4) is 0 Å². The van der Waals surface area contributed by atoms with Gasteiger partial charge in [-0.05, 0) is 44.0 Å². The number of amides is 1. The maximum atomic E-state index is 12.8. The third-order valence-electron chi connectivity index (χ3n) is 5.07. The smallest absolute Gasteiger partial charge is 0.253 e. The van der Waals surface area contributed by atoms with E-state index in [-0.39, 0.29) is 5.91 Å². The van der Waals surface area contributed by atoms with E-state index >= 15 is 0 Å². The molecule has 7 heteroatoms. The molecule has 0 radical (unpaired) electrons. The lowest BCUT2D eigenvalue weighted by atomic mass is 9.92. The van der Waals surface area contributed by atoms with Crippen LogP contribution in [0, 0.1) is 0 Å². The predicted molar refractivity (Wildman–Crippen MR) is 102 cm³/mol. The number of fused-ring (bicyclic) bond motifs is 1. The highest BCUT2D eigenvalue weighted by atomic mass is 16.5. The molecule has 1 saturated heterocycles. The predicted octanol–water partition coefficient (Wildman–Crippen LogP) is 2.78. The van der Waals surface area contributed by atoms with Crippen molar-refractivity contribution in [3.8, 4) is 5.75 Å². The highest BCUT2D eigenvalue weighted by Crippen LogP contribution is 2.31. The van der Waals surface area contributed by atoms with Gasteiger partial charge in [0.05, 0.1) is 12.3 Å². The van der Waals surface area contributed by atoms with E-state index in [1.165, 1.54) is 0 Å². The Hall–Kier alpha value is -2.96. The first-order chi connectivity index (χ1) is 13.2. The lowest BCUT2D eigenvalue weighted by Crippen LogP contribution is -2.38. The van der Waals surface area contributed by atoms with E-state index < -0.39 is 0 Å². The third kappa shape index (κ3) is 3.37. The van der Waals surface area contributed by atoms with E-state index in [9.17, 15) is 4.79 Å². The van der Waals surface area contributed by atoms with E-state index in [2.05, 4.69) is 15.1 Å². The summed E-state index contributed by atoms with van der Waals surface area (Å²) in [4.78, 5) is 23.5. The number of carbonyl (C=O) groups is 1. The molecule has 140 valence electrons. The first kappa shape index (κ1) is 17.5. The van der Waals surface area contributed by atoms with Crippen LogP contribution in [-0.2, 0) is 7.05 Å². The van der Waals surface area contributed by atoms with Crippen molar-refractivity contribution in [3.05, 3.63) is 47.9 Å². The number of aromatic nitrogens is 4. The second-order valence-electron chi connectivity index (χ2n) is 6.76. The molecule has 0 N–H and O–H groups in total. The van der Waals surface area contributed by atoms with Gasteiger partial charge in [0.2, 0.25) is 0 Å². The van der Waals surface area contributed by atoms with E-state index in [1.807, 2.05) is 43.1 Å². The fraction of sp³-hybridized carbons (Fsp3) is 0.400. The molecule has 7 nitrogen and oxygen atoms in total. The van der Waals surface area contributed by atoms with Crippen molar-refractivity contribution in [1.82, 2.24) is 24.6 Å². The zero-order valence-electron chi connectivity index (χ0n) is 15.6. The molecule has 1 aliphatic rings. The molecular weight excluding hydrogens is 342 g/mol. The summed E-state index contributed by atoms with van der Waals surface area (Å²) >= 11 is 0. The summed E-state index contributed by atoms with van der Waals surface area (Å²) in [6, 6.07) is 7.37. The Morgan fingerprint density at radius 2 is 1.85 bits per heavy atom. The molecule has 0 unspecified atom stereocenters. The van der Waals surface area contributed by atoms with Crippen molar-refractivity contribution in [2.45, 2.75) is 25.7 Å². The molecule has 0 atom stereocenters. The first-order valence-corrected chi connectivity index (χ1v) is 9.33. The van der Waals surface area contributed by atoms with Gasteiger partial charge in [0.15, 0.2) is 5.65 Å². The number of piperidine rings is 1. The van der Waals surface area contributed by atoms with Gasteiger partial charge in [0, 0.05) is 44.0 Å². The maximum absolute atomic E-state index is 12.8. The first-order valence-electron chi connectivity index (χ1n) is 9.33. The minimum atomic E-state index is 0.0715. The van der Waals surface area contributed by atoms with Crippen molar-refractivity contribution in [2.75, 3.05) is 19.7 Å². The second kappa shape index (κ2) is 7.34. The number of rotatable bonds is 4. The van der Waals surface area contributed by atoms with Gasteiger partial charge >= 0.3 is 0 Å². The molecule has 1 aliphatic heterocycles. The molecule has 1 amide bonds. The van der Waals surface area contributed by atoms with Gasteiger partial charge in [-0.25, -0.2) is 14.6 Å². The van der Waals surface area contributed by atoms with Crippen molar-refractivity contribution in [2.24, 2.45) is 7.05 Å². The number of nitrogens with zero attached hydrogens (tertiary/aromatic N) is 5. The van der Waals surface area contributed by atoms with E-state index in [4.69, 9.17) is 4.74 Å². The van der Waals surface area contributed by atoms with Crippen molar-refractivity contribution >= 4 is 17.1 Å². The average molecular weight is 365 g/mol. The zero-order valence-corrected chi connectivity index (χ0v) is 15.6. The fourth-order valence-electron chi connectivity index (χ4n) is 3.68. The monoisotopic (exact) mass is 365 g/mol. The summed E-state index contributed by atoms with van der Waals surface area (Å²) in [6.07, 6.45) is 5.15. The Morgan fingerprint density at radius 3 is 2.56 bits per heavy atom. The normalized spacial score (nSPS) is 15.3. The summed E-state index contributed by atoms with van der Waals surface area (Å²) in [5, 5.41) is 4.64. The van der Waals surface area contributed by atoms with Crippen LogP contribution in [0.4, 0.5) is 0 Å². The molecule has 1 aromatic carbocycles. The van der Waals surface area contributed by atoms with Crippen LogP contribution in [0.2, 0.25) is 0 Å². The molecule has 3 aromatic rings. The number of benzene rings is 1. The van der Waals surface area contributed by atoms with Crippen LogP contribution in [0.25, 0.3) is 11.2 Å². The van der Waals surface area contributed by atoms with Gasteiger partial charge in [-0.15, -0.1) is 0 Å². The maximum Gasteiger partial charge on any atom is 0.253 e. The Bertz CT molecular complexity index is 943. The van der Waals surface area contributed by atoms with Crippen LogP contribution in [0.5, 0.6) is 5.75 Å². The van der Waals surface area contributed by atoms with Gasteiger partial charge < -0.3 is 9.64 Å². The van der Waals surface area contributed by atoms with Crippen LogP contribution >= 0.6 is 0 Å².